The zero-order valence-corrected chi connectivity index (χ0v) is 10.7. The lowest BCUT2D eigenvalue weighted by Gasteiger charge is -2.09. The Morgan fingerprint density at radius 1 is 1.37 bits per heavy atom. The number of aryl methyl sites for hydroxylation is 1. The van der Waals surface area contributed by atoms with Gasteiger partial charge in [0.1, 0.15) is 5.69 Å². The normalized spacial score (nSPS) is 10.5. The molecule has 2 rings (SSSR count). The molecule has 0 atom stereocenters. The van der Waals surface area contributed by atoms with Gasteiger partial charge in [-0.25, -0.2) is 14.2 Å². The average molecular weight is 281 g/mol. The molecule has 1 aromatic carbocycles. The van der Waals surface area contributed by atoms with E-state index < -0.39 is 23.2 Å². The Balaban J connectivity index is 2.70. The molecule has 0 saturated carbocycles. The third-order valence-electron chi connectivity index (χ3n) is 2.64. The Morgan fingerprint density at radius 3 is 2.47 bits per heavy atom. The molecular weight excluding hydrogens is 271 g/mol. The molecule has 0 saturated heterocycles. The van der Waals surface area contributed by atoms with Crippen molar-refractivity contribution in [2.24, 2.45) is 0 Å². The van der Waals surface area contributed by atoms with E-state index in [0.717, 1.165) is 5.56 Å². The van der Waals surface area contributed by atoms with Crippen LogP contribution in [0.2, 0.25) is 5.02 Å². The number of nitrogens with zero attached hydrogens (tertiary/aromatic N) is 1. The number of carboxylic acid groups (broad SMARTS) is 1. The number of hydrogen-bond acceptors (Lipinski definition) is 3. The Kier molecular flexibility index (Phi) is 3.40. The summed E-state index contributed by atoms with van der Waals surface area (Å²) in [5, 5.41) is 8.58. The van der Waals surface area contributed by atoms with Crippen molar-refractivity contribution in [2.45, 2.75) is 6.92 Å². The van der Waals surface area contributed by atoms with Crippen LogP contribution in [0.3, 0.4) is 0 Å². The molecule has 0 fully saturated rings. The molecule has 0 amide bonds. The number of aromatic nitrogens is 1. The number of aromatic carboxylic acids is 1. The number of nitrogens with two attached hydrogens (primary N) is 1. The van der Waals surface area contributed by atoms with E-state index in [4.69, 9.17) is 22.4 Å². The van der Waals surface area contributed by atoms with E-state index in [9.17, 15) is 9.18 Å². The molecule has 2 aromatic rings. The fourth-order valence-electron chi connectivity index (χ4n) is 1.61. The van der Waals surface area contributed by atoms with Crippen LogP contribution in [0, 0.1) is 12.7 Å². The van der Waals surface area contributed by atoms with Gasteiger partial charge in [0.25, 0.3) is 0 Å². The van der Waals surface area contributed by atoms with E-state index in [1.165, 1.54) is 0 Å². The number of halogens is 2. The third-order valence-corrected chi connectivity index (χ3v) is 3.02. The SMILES string of the molecule is Cc1ccc(-c2nc(C(=O)O)c(Cl)c(N)c2F)cc1. The summed E-state index contributed by atoms with van der Waals surface area (Å²) in [6, 6.07) is 6.81. The molecule has 98 valence electrons. The van der Waals surface area contributed by atoms with Gasteiger partial charge >= 0.3 is 5.97 Å². The predicted octanol–water partition coefficient (Wildman–Crippen LogP) is 3.13. The monoisotopic (exact) mass is 280 g/mol. The zero-order chi connectivity index (χ0) is 14.2. The summed E-state index contributed by atoms with van der Waals surface area (Å²) in [6.45, 7) is 1.88. The topological polar surface area (TPSA) is 76.2 Å². The van der Waals surface area contributed by atoms with Crippen LogP contribution in [0.5, 0.6) is 0 Å². The van der Waals surface area contributed by atoms with Crippen LogP contribution >= 0.6 is 11.6 Å². The number of benzene rings is 1. The van der Waals surface area contributed by atoms with Crippen molar-refractivity contribution in [2.75, 3.05) is 5.73 Å². The van der Waals surface area contributed by atoms with E-state index in [0.29, 0.717) is 5.56 Å². The number of anilines is 1. The van der Waals surface area contributed by atoms with E-state index in [-0.39, 0.29) is 10.7 Å². The quantitative estimate of drug-likeness (QED) is 0.886. The standard InChI is InChI=1S/C13H10ClFN2O2/c1-6-2-4-7(5-3-6)11-9(15)10(16)8(14)12(17-11)13(18)19/h2-5H,1H3,(H2,16,17)(H,18,19). The minimum atomic E-state index is -1.36. The number of pyridine rings is 1. The molecular formula is C13H10ClFN2O2. The second kappa shape index (κ2) is 4.85. The van der Waals surface area contributed by atoms with Gasteiger partial charge in [0, 0.05) is 5.56 Å². The van der Waals surface area contributed by atoms with Gasteiger partial charge in [0.2, 0.25) is 0 Å². The van der Waals surface area contributed by atoms with Crippen molar-refractivity contribution in [3.8, 4) is 11.3 Å². The molecule has 0 aliphatic carbocycles. The molecule has 0 spiro atoms. The van der Waals surface area contributed by atoms with Gasteiger partial charge in [-0.2, -0.15) is 0 Å². The highest BCUT2D eigenvalue weighted by molar-refractivity contribution is 6.35. The van der Waals surface area contributed by atoms with Crippen molar-refractivity contribution < 1.29 is 14.3 Å². The maximum Gasteiger partial charge on any atom is 0.356 e. The van der Waals surface area contributed by atoms with Crippen molar-refractivity contribution in [3.05, 3.63) is 46.4 Å². The lowest BCUT2D eigenvalue weighted by molar-refractivity contribution is 0.0691. The van der Waals surface area contributed by atoms with Gasteiger partial charge in [0.05, 0.1) is 10.7 Å². The highest BCUT2D eigenvalue weighted by Crippen LogP contribution is 2.32. The summed E-state index contributed by atoms with van der Waals surface area (Å²) in [5.74, 6) is -2.18. The van der Waals surface area contributed by atoms with Crippen LogP contribution in [0.15, 0.2) is 24.3 Å². The van der Waals surface area contributed by atoms with Crippen molar-refractivity contribution >= 4 is 23.3 Å². The first-order chi connectivity index (χ1) is 8.91. The fraction of sp³-hybridized carbons (Fsp3) is 0.0769. The van der Waals surface area contributed by atoms with Crippen LogP contribution in [-0.4, -0.2) is 16.1 Å². The number of nitrogen functional groups attached to an aromatic ring is 1. The first-order valence-electron chi connectivity index (χ1n) is 5.36. The highest BCUT2D eigenvalue weighted by Gasteiger charge is 2.21. The number of carboxylic acids is 1. The van der Waals surface area contributed by atoms with Gasteiger partial charge in [-0.3, -0.25) is 0 Å². The van der Waals surface area contributed by atoms with Gasteiger partial charge in [-0.1, -0.05) is 41.4 Å². The molecule has 6 heteroatoms. The molecule has 1 aromatic heterocycles. The average Bonchev–Trinajstić information content (AvgIpc) is 2.37. The van der Waals surface area contributed by atoms with E-state index >= 15 is 0 Å². The maximum absolute atomic E-state index is 14.0. The summed E-state index contributed by atoms with van der Waals surface area (Å²) in [7, 11) is 0. The van der Waals surface area contributed by atoms with Gasteiger partial charge < -0.3 is 10.8 Å². The summed E-state index contributed by atoms with van der Waals surface area (Å²) < 4.78 is 14.0. The third kappa shape index (κ3) is 2.37. The molecule has 0 bridgehead atoms. The molecule has 0 aliphatic heterocycles. The second-order valence-corrected chi connectivity index (χ2v) is 4.40. The Morgan fingerprint density at radius 2 is 1.95 bits per heavy atom. The molecule has 0 unspecified atom stereocenters. The highest BCUT2D eigenvalue weighted by atomic mass is 35.5. The Bertz CT molecular complexity index is 657. The van der Waals surface area contributed by atoms with Crippen LogP contribution in [-0.2, 0) is 0 Å². The van der Waals surface area contributed by atoms with E-state index in [1.807, 2.05) is 6.92 Å². The van der Waals surface area contributed by atoms with Crippen molar-refractivity contribution in [1.82, 2.24) is 4.98 Å². The molecule has 3 N–H and O–H groups in total. The van der Waals surface area contributed by atoms with Crippen molar-refractivity contribution in [3.63, 3.8) is 0 Å². The van der Waals surface area contributed by atoms with Crippen LogP contribution < -0.4 is 5.73 Å². The van der Waals surface area contributed by atoms with E-state index in [1.54, 1.807) is 24.3 Å². The first kappa shape index (κ1) is 13.3. The Hall–Kier alpha value is -2.14. The lowest BCUT2D eigenvalue weighted by atomic mass is 10.1. The van der Waals surface area contributed by atoms with E-state index in [2.05, 4.69) is 4.98 Å². The fourth-order valence-corrected chi connectivity index (χ4v) is 1.81. The minimum Gasteiger partial charge on any atom is -0.476 e. The zero-order valence-electron chi connectivity index (χ0n) is 9.95. The number of hydrogen-bond donors (Lipinski definition) is 2. The summed E-state index contributed by atoms with van der Waals surface area (Å²) >= 11 is 5.67. The Labute approximate surface area is 113 Å². The first-order valence-corrected chi connectivity index (χ1v) is 5.74. The molecule has 4 nitrogen and oxygen atoms in total. The lowest BCUT2D eigenvalue weighted by Crippen LogP contribution is -2.08. The van der Waals surface area contributed by atoms with Gasteiger partial charge in [-0.05, 0) is 6.92 Å². The molecule has 1 heterocycles. The maximum atomic E-state index is 14.0. The van der Waals surface area contributed by atoms with Crippen molar-refractivity contribution in [1.29, 1.82) is 0 Å². The largest absolute Gasteiger partial charge is 0.476 e. The molecule has 0 aliphatic rings. The number of carbonyl (C=O) groups is 1. The van der Waals surface area contributed by atoms with Crippen LogP contribution in [0.4, 0.5) is 10.1 Å². The second-order valence-electron chi connectivity index (χ2n) is 4.02. The smallest absolute Gasteiger partial charge is 0.356 e. The van der Waals surface area contributed by atoms with Crippen LogP contribution in [0.1, 0.15) is 16.1 Å². The molecule has 19 heavy (non-hydrogen) atoms. The minimum absolute atomic E-state index is 0.126. The van der Waals surface area contributed by atoms with Crippen LogP contribution in [0.25, 0.3) is 11.3 Å². The predicted molar refractivity (Wildman–Crippen MR) is 70.7 cm³/mol. The summed E-state index contributed by atoms with van der Waals surface area (Å²) in [4.78, 5) is 14.7. The summed E-state index contributed by atoms with van der Waals surface area (Å²) in [6.07, 6.45) is 0. The molecule has 0 radical (unpaired) electrons. The van der Waals surface area contributed by atoms with Gasteiger partial charge in [0.15, 0.2) is 11.5 Å². The van der Waals surface area contributed by atoms with Gasteiger partial charge in [-0.15, -0.1) is 0 Å². The number of rotatable bonds is 2. The summed E-state index contributed by atoms with van der Waals surface area (Å²) in [5.41, 5.74) is 5.91.